The normalized spacial score (nSPS) is 23.6. The van der Waals surface area contributed by atoms with E-state index < -0.39 is 35.2 Å². The Balaban J connectivity index is 1.23. The number of nitrogens with zero attached hydrogens (tertiary/aromatic N) is 4. The second kappa shape index (κ2) is 8.49. The Morgan fingerprint density at radius 3 is 2.22 bits per heavy atom. The highest BCUT2D eigenvalue weighted by Crippen LogP contribution is 2.57. The molecule has 3 aliphatic rings. The lowest BCUT2D eigenvalue weighted by Gasteiger charge is -2.51. The molecule has 0 spiro atoms. The molecule has 2 heterocycles. The van der Waals surface area contributed by atoms with Crippen molar-refractivity contribution in [3.05, 3.63) is 53.3 Å². The fourth-order valence-corrected chi connectivity index (χ4v) is 5.05. The molecule has 190 valence electrons. The molecule has 2 N–H and O–H groups in total. The zero-order chi connectivity index (χ0) is 25.7. The van der Waals surface area contributed by atoms with Crippen molar-refractivity contribution < 1.29 is 36.4 Å². The summed E-state index contributed by atoms with van der Waals surface area (Å²) >= 11 is 0. The number of nitrogens with one attached hydrogen (secondary N) is 1. The van der Waals surface area contributed by atoms with Crippen molar-refractivity contribution in [3.63, 3.8) is 0 Å². The van der Waals surface area contributed by atoms with Crippen LogP contribution in [0.1, 0.15) is 60.5 Å². The predicted molar refractivity (Wildman–Crippen MR) is 112 cm³/mol. The number of alkyl halides is 3. The molecule has 0 aliphatic heterocycles. The molecule has 3 aliphatic carbocycles. The molecule has 0 radical (unpaired) electrons. The Bertz CT molecular complexity index is 1260. The average molecular weight is 509 g/mol. The van der Waals surface area contributed by atoms with Gasteiger partial charge in [-0.1, -0.05) is 5.16 Å². The quantitative estimate of drug-likeness (QED) is 0.485. The first-order valence-corrected chi connectivity index (χ1v) is 11.2. The molecule has 3 fully saturated rings. The van der Waals surface area contributed by atoms with Crippen LogP contribution in [0, 0.1) is 17.0 Å². The smallest absolute Gasteiger partial charge is 0.434 e. The van der Waals surface area contributed by atoms with Gasteiger partial charge in [-0.15, -0.1) is 0 Å². The molecular weight excluding hydrogens is 489 g/mol. The van der Waals surface area contributed by atoms with Crippen LogP contribution in [-0.4, -0.2) is 37.7 Å². The van der Waals surface area contributed by atoms with Gasteiger partial charge in [-0.25, -0.2) is 18.7 Å². The third kappa shape index (κ3) is 4.26. The van der Waals surface area contributed by atoms with Crippen molar-refractivity contribution in [1.82, 2.24) is 25.4 Å². The Morgan fingerprint density at radius 2 is 1.67 bits per heavy atom. The van der Waals surface area contributed by atoms with Crippen molar-refractivity contribution >= 4 is 5.91 Å². The lowest BCUT2D eigenvalue weighted by molar-refractivity contribution is -0.141. The summed E-state index contributed by atoms with van der Waals surface area (Å²) in [4.78, 5) is 24.0. The van der Waals surface area contributed by atoms with Gasteiger partial charge in [0, 0.05) is 17.5 Å². The topological polar surface area (TPSA) is 114 Å². The van der Waals surface area contributed by atoms with Crippen LogP contribution in [0.4, 0.5) is 22.0 Å². The number of hydrogen-bond acceptors (Lipinski definition) is 7. The largest absolute Gasteiger partial charge is 0.503 e. The summed E-state index contributed by atoms with van der Waals surface area (Å²) in [7, 11) is 0. The van der Waals surface area contributed by atoms with Crippen molar-refractivity contribution in [3.8, 4) is 17.3 Å². The van der Waals surface area contributed by atoms with Crippen LogP contribution in [0.25, 0.3) is 11.5 Å². The highest BCUT2D eigenvalue weighted by atomic mass is 19.4. The van der Waals surface area contributed by atoms with E-state index in [1.807, 2.05) is 0 Å². The van der Waals surface area contributed by atoms with E-state index in [0.717, 1.165) is 37.6 Å². The number of aromatic nitrogens is 4. The fourth-order valence-electron chi connectivity index (χ4n) is 5.05. The predicted octanol–water partition coefficient (Wildman–Crippen LogP) is 4.55. The number of phenols is 1. The minimum absolute atomic E-state index is 0.0589. The first-order valence-electron chi connectivity index (χ1n) is 11.2. The van der Waals surface area contributed by atoms with Gasteiger partial charge in [-0.3, -0.25) is 4.79 Å². The van der Waals surface area contributed by atoms with Gasteiger partial charge in [0.25, 0.3) is 5.91 Å². The number of hydrogen-bond donors (Lipinski definition) is 2. The zero-order valence-corrected chi connectivity index (χ0v) is 18.7. The van der Waals surface area contributed by atoms with Crippen LogP contribution in [0.2, 0.25) is 0 Å². The Hall–Kier alpha value is -3.64. The second-order valence-corrected chi connectivity index (χ2v) is 9.46. The minimum Gasteiger partial charge on any atom is -0.503 e. The van der Waals surface area contributed by atoms with Gasteiger partial charge in [0.15, 0.2) is 23.1 Å². The number of amides is 1. The van der Waals surface area contributed by atoms with Gasteiger partial charge in [0.2, 0.25) is 11.7 Å². The molecule has 3 saturated carbocycles. The highest BCUT2D eigenvalue weighted by Gasteiger charge is 2.52. The SMILES string of the molecule is O=C(NCC12CCC(c3nc(-c4cnc(C(F)(F)F)cn4)no3)(CC1)CC2)c1cc(F)c(O)c(F)c1. The van der Waals surface area contributed by atoms with E-state index in [1.54, 1.807) is 0 Å². The van der Waals surface area contributed by atoms with E-state index >= 15 is 0 Å². The fraction of sp³-hybridized carbons (Fsp3) is 0.435. The molecule has 2 bridgehead atoms. The average Bonchev–Trinajstić information content (AvgIpc) is 3.38. The first kappa shape index (κ1) is 24.1. The maximum Gasteiger partial charge on any atom is 0.434 e. The van der Waals surface area contributed by atoms with Crippen molar-refractivity contribution in [2.24, 2.45) is 5.41 Å². The lowest BCUT2D eigenvalue weighted by Crippen LogP contribution is -2.49. The standard InChI is InChI=1S/C23H20F5N5O3/c24-13-7-12(8-14(25)17(13)34)19(35)31-11-21-1-4-22(5-2-21,6-3-21)20-32-18(33-36-20)15-9-30-16(10-29-15)23(26,27)28/h7-10,34H,1-6,11H2,(H,31,35). The molecule has 13 heteroatoms. The molecule has 36 heavy (non-hydrogen) atoms. The summed E-state index contributed by atoms with van der Waals surface area (Å²) in [5.74, 6) is -3.73. The molecule has 0 unspecified atom stereocenters. The third-order valence-electron chi connectivity index (χ3n) is 7.36. The highest BCUT2D eigenvalue weighted by molar-refractivity contribution is 5.94. The summed E-state index contributed by atoms with van der Waals surface area (Å²) in [6.45, 7) is 0.322. The summed E-state index contributed by atoms with van der Waals surface area (Å²) < 4.78 is 70.8. The molecule has 3 aromatic rings. The van der Waals surface area contributed by atoms with Gasteiger partial charge in [-0.2, -0.15) is 18.2 Å². The summed E-state index contributed by atoms with van der Waals surface area (Å²) in [5, 5.41) is 15.8. The second-order valence-electron chi connectivity index (χ2n) is 9.46. The van der Waals surface area contributed by atoms with Gasteiger partial charge < -0.3 is 14.9 Å². The molecule has 2 aromatic heterocycles. The van der Waals surface area contributed by atoms with Crippen LogP contribution in [0.3, 0.4) is 0 Å². The van der Waals surface area contributed by atoms with Gasteiger partial charge >= 0.3 is 6.18 Å². The number of aromatic hydroxyl groups is 1. The van der Waals surface area contributed by atoms with Crippen LogP contribution in [-0.2, 0) is 11.6 Å². The van der Waals surface area contributed by atoms with Crippen LogP contribution >= 0.6 is 0 Å². The van der Waals surface area contributed by atoms with Crippen LogP contribution in [0.15, 0.2) is 29.0 Å². The zero-order valence-electron chi connectivity index (χ0n) is 18.7. The number of carbonyl (C=O) groups excluding carboxylic acids is 1. The number of halogens is 5. The van der Waals surface area contributed by atoms with Gasteiger partial charge in [-0.05, 0) is 56.1 Å². The number of rotatable bonds is 5. The van der Waals surface area contributed by atoms with Crippen molar-refractivity contribution in [1.29, 1.82) is 0 Å². The number of phenolic OH excluding ortho intramolecular Hbond substituents is 1. The van der Waals surface area contributed by atoms with Crippen LogP contribution in [0.5, 0.6) is 5.75 Å². The van der Waals surface area contributed by atoms with E-state index in [9.17, 15) is 31.9 Å². The summed E-state index contributed by atoms with van der Waals surface area (Å²) in [6.07, 6.45) is 1.30. The molecule has 8 nitrogen and oxygen atoms in total. The molecule has 0 saturated heterocycles. The molecule has 1 amide bonds. The number of fused-ring (bicyclic) bond motifs is 3. The number of benzene rings is 1. The van der Waals surface area contributed by atoms with Gasteiger partial charge in [0.1, 0.15) is 5.69 Å². The Morgan fingerprint density at radius 1 is 1.03 bits per heavy atom. The Labute approximate surface area is 201 Å². The van der Waals surface area contributed by atoms with Gasteiger partial charge in [0.05, 0.1) is 12.4 Å². The third-order valence-corrected chi connectivity index (χ3v) is 7.36. The first-order chi connectivity index (χ1) is 17.0. The Kier molecular flexibility index (Phi) is 5.67. The number of carbonyl (C=O) groups is 1. The van der Waals surface area contributed by atoms with E-state index in [0.29, 0.717) is 37.9 Å². The van der Waals surface area contributed by atoms with E-state index in [2.05, 4.69) is 25.4 Å². The summed E-state index contributed by atoms with van der Waals surface area (Å²) in [6, 6.07) is 1.57. The molecule has 1 aromatic carbocycles. The molecule has 0 atom stereocenters. The van der Waals surface area contributed by atoms with Crippen LogP contribution < -0.4 is 5.32 Å². The van der Waals surface area contributed by atoms with Crippen molar-refractivity contribution in [2.75, 3.05) is 6.54 Å². The molecular formula is C23H20F5N5O3. The summed E-state index contributed by atoms with van der Waals surface area (Å²) in [5.41, 5.74) is -1.82. The molecule has 6 rings (SSSR count). The van der Waals surface area contributed by atoms with E-state index in [-0.39, 0.29) is 27.9 Å². The maximum atomic E-state index is 13.6. The van der Waals surface area contributed by atoms with Crippen molar-refractivity contribution in [2.45, 2.75) is 50.1 Å². The van der Waals surface area contributed by atoms with E-state index in [1.165, 1.54) is 0 Å². The maximum absolute atomic E-state index is 13.6. The monoisotopic (exact) mass is 509 g/mol. The van der Waals surface area contributed by atoms with E-state index in [4.69, 9.17) is 4.52 Å². The minimum atomic E-state index is -4.60. The lowest BCUT2D eigenvalue weighted by atomic mass is 9.53.